The maximum atomic E-state index is 10.7. The van der Waals surface area contributed by atoms with Gasteiger partial charge in [0.15, 0.2) is 0 Å². The number of allylic oxidation sites excluding steroid dienone is 2. The Morgan fingerprint density at radius 1 is 1.21 bits per heavy atom. The predicted octanol–water partition coefficient (Wildman–Crippen LogP) is 4.55. The lowest BCUT2D eigenvalue weighted by atomic mass is 9.72. The van der Waals surface area contributed by atoms with Crippen molar-refractivity contribution < 1.29 is 20.1 Å². The van der Waals surface area contributed by atoms with Gasteiger partial charge < -0.3 is 20.1 Å². The molecule has 0 amide bonds. The monoisotopic (exact) mass is 381 g/mol. The fraction of sp³-hybridized carbons (Fsp3) is 0.348. The highest BCUT2D eigenvalue weighted by atomic mass is 16.5. The highest BCUT2D eigenvalue weighted by molar-refractivity contribution is 5.69. The van der Waals surface area contributed by atoms with Crippen molar-refractivity contribution in [3.8, 4) is 28.5 Å². The molecule has 3 rings (SSSR count). The highest BCUT2D eigenvalue weighted by Crippen LogP contribution is 2.47. The Kier molecular flexibility index (Phi) is 5.75. The van der Waals surface area contributed by atoms with Crippen LogP contribution in [0.25, 0.3) is 11.1 Å². The average Bonchev–Trinajstić information content (AvgIpc) is 2.64. The number of aromatic nitrogens is 1. The van der Waals surface area contributed by atoms with Gasteiger partial charge in [0, 0.05) is 29.3 Å². The molecule has 0 aliphatic heterocycles. The van der Waals surface area contributed by atoms with Crippen LogP contribution in [0.5, 0.6) is 17.4 Å². The first kappa shape index (κ1) is 20.0. The van der Waals surface area contributed by atoms with Crippen LogP contribution in [0.15, 0.2) is 54.3 Å². The minimum absolute atomic E-state index is 0.0144. The molecule has 1 aliphatic rings. The van der Waals surface area contributed by atoms with Gasteiger partial charge in [-0.3, -0.25) is 0 Å². The molecule has 2 aromatic rings. The largest absolute Gasteiger partial charge is 0.507 e. The van der Waals surface area contributed by atoms with Gasteiger partial charge in [-0.2, -0.15) is 0 Å². The van der Waals surface area contributed by atoms with E-state index in [0.29, 0.717) is 30.0 Å². The van der Waals surface area contributed by atoms with Gasteiger partial charge in [-0.05, 0) is 62.4 Å². The fourth-order valence-electron chi connectivity index (χ4n) is 3.79. The van der Waals surface area contributed by atoms with Gasteiger partial charge in [-0.15, -0.1) is 0 Å². The van der Waals surface area contributed by atoms with E-state index in [-0.39, 0.29) is 23.3 Å². The molecule has 0 spiro atoms. The maximum absolute atomic E-state index is 10.7. The van der Waals surface area contributed by atoms with Gasteiger partial charge in [0.1, 0.15) is 11.5 Å². The number of rotatable bonds is 5. The topological polar surface area (TPSA) is 82.8 Å². The molecule has 3 N–H and O–H groups in total. The van der Waals surface area contributed by atoms with E-state index in [1.807, 2.05) is 32.9 Å². The number of hydrogen-bond acceptors (Lipinski definition) is 5. The van der Waals surface area contributed by atoms with E-state index < -0.39 is 6.10 Å². The van der Waals surface area contributed by atoms with Crippen molar-refractivity contribution in [3.05, 3.63) is 59.8 Å². The number of hydrogen-bond donors (Lipinski definition) is 3. The van der Waals surface area contributed by atoms with Crippen LogP contribution in [0, 0.1) is 5.92 Å². The van der Waals surface area contributed by atoms with Crippen LogP contribution < -0.4 is 4.74 Å². The number of phenols is 2. The van der Waals surface area contributed by atoms with Gasteiger partial charge in [0.25, 0.3) is 0 Å². The second-order valence-electron chi connectivity index (χ2n) is 7.39. The minimum atomic E-state index is -0.531. The van der Waals surface area contributed by atoms with Crippen LogP contribution in [0.1, 0.15) is 38.7 Å². The van der Waals surface area contributed by atoms with Crippen LogP contribution in [0.3, 0.4) is 0 Å². The third-order valence-corrected chi connectivity index (χ3v) is 5.34. The molecule has 3 atom stereocenters. The second kappa shape index (κ2) is 8.07. The number of phenolic OH excluding ortho intramolecular Hbond substituents is 2. The van der Waals surface area contributed by atoms with E-state index in [9.17, 15) is 15.3 Å². The van der Waals surface area contributed by atoms with Gasteiger partial charge in [-0.25, -0.2) is 4.98 Å². The maximum Gasteiger partial charge on any atom is 0.213 e. The number of aliphatic hydroxyl groups is 1. The van der Waals surface area contributed by atoms with E-state index in [2.05, 4.69) is 11.6 Å². The fourth-order valence-corrected chi connectivity index (χ4v) is 3.79. The van der Waals surface area contributed by atoms with E-state index in [1.165, 1.54) is 0 Å². The van der Waals surface area contributed by atoms with Crippen LogP contribution in [-0.4, -0.2) is 33.0 Å². The third kappa shape index (κ3) is 3.90. The molecule has 0 bridgehead atoms. The third-order valence-electron chi connectivity index (χ3n) is 5.34. The molecule has 148 valence electrons. The van der Waals surface area contributed by atoms with E-state index in [0.717, 1.165) is 16.7 Å². The Morgan fingerprint density at radius 3 is 2.43 bits per heavy atom. The molecule has 28 heavy (non-hydrogen) atoms. The lowest BCUT2D eigenvalue weighted by molar-refractivity contribution is 0.168. The predicted molar refractivity (Wildman–Crippen MR) is 110 cm³/mol. The van der Waals surface area contributed by atoms with Gasteiger partial charge in [0.05, 0.1) is 12.7 Å². The lowest BCUT2D eigenvalue weighted by Gasteiger charge is -2.34. The zero-order valence-corrected chi connectivity index (χ0v) is 16.5. The summed E-state index contributed by atoms with van der Waals surface area (Å²) >= 11 is 0. The Bertz CT molecular complexity index is 878. The number of benzene rings is 1. The molecular formula is C23H27NO4. The molecular weight excluding hydrogens is 354 g/mol. The molecule has 0 radical (unpaired) electrons. The molecule has 1 aliphatic carbocycles. The first-order chi connectivity index (χ1) is 13.3. The van der Waals surface area contributed by atoms with Crippen molar-refractivity contribution in [2.24, 2.45) is 5.92 Å². The molecule has 1 heterocycles. The second-order valence-corrected chi connectivity index (χ2v) is 7.39. The van der Waals surface area contributed by atoms with Gasteiger partial charge in [-0.1, -0.05) is 18.2 Å². The Morgan fingerprint density at radius 2 is 1.89 bits per heavy atom. The summed E-state index contributed by atoms with van der Waals surface area (Å²) in [6.45, 7) is 10.2. The molecule has 0 saturated heterocycles. The summed E-state index contributed by atoms with van der Waals surface area (Å²) in [5.41, 5.74) is 3.63. The molecule has 5 nitrogen and oxygen atoms in total. The first-order valence-corrected chi connectivity index (χ1v) is 9.48. The number of aromatic hydroxyl groups is 2. The Labute approximate surface area is 165 Å². The van der Waals surface area contributed by atoms with Crippen molar-refractivity contribution >= 4 is 0 Å². The van der Waals surface area contributed by atoms with Crippen molar-refractivity contribution in [1.29, 1.82) is 0 Å². The molecule has 3 unspecified atom stereocenters. The van der Waals surface area contributed by atoms with Crippen molar-refractivity contribution in [2.45, 2.75) is 39.2 Å². The summed E-state index contributed by atoms with van der Waals surface area (Å²) in [6.07, 6.45) is 3.55. The van der Waals surface area contributed by atoms with Crippen LogP contribution in [-0.2, 0) is 0 Å². The molecule has 1 aromatic carbocycles. The van der Waals surface area contributed by atoms with Crippen molar-refractivity contribution in [2.75, 3.05) is 6.61 Å². The van der Waals surface area contributed by atoms with Crippen LogP contribution >= 0.6 is 0 Å². The number of pyridine rings is 1. The normalized spacial score (nSPS) is 21.9. The summed E-state index contributed by atoms with van der Waals surface area (Å²) in [4.78, 5) is 4.24. The standard InChI is InChI=1S/C23H27NO4/c1-5-28-22-7-6-15(12-24-22)16-9-20(26)23(21(27)10-16)18-8-14(4)19(25)11-17(18)13(2)3/h6-10,12,17-19,25-27H,2,5,11H2,1,3-4H3. The number of nitrogens with zero attached hydrogens (tertiary/aromatic N) is 1. The highest BCUT2D eigenvalue weighted by Gasteiger charge is 2.33. The number of ether oxygens (including phenoxy) is 1. The first-order valence-electron chi connectivity index (χ1n) is 9.48. The Balaban J connectivity index is 2.01. The van der Waals surface area contributed by atoms with Crippen molar-refractivity contribution in [1.82, 2.24) is 4.98 Å². The minimum Gasteiger partial charge on any atom is -0.507 e. The zero-order chi connectivity index (χ0) is 20.4. The lowest BCUT2D eigenvalue weighted by Crippen LogP contribution is -2.26. The summed E-state index contributed by atoms with van der Waals surface area (Å²) in [6, 6.07) is 6.86. The summed E-state index contributed by atoms with van der Waals surface area (Å²) in [7, 11) is 0. The smallest absolute Gasteiger partial charge is 0.213 e. The van der Waals surface area contributed by atoms with E-state index >= 15 is 0 Å². The van der Waals surface area contributed by atoms with E-state index in [1.54, 1.807) is 24.4 Å². The van der Waals surface area contributed by atoms with Crippen LogP contribution in [0.4, 0.5) is 0 Å². The summed E-state index contributed by atoms with van der Waals surface area (Å²) in [5.74, 6) is 0.255. The Hall–Kier alpha value is -2.79. The molecule has 5 heteroatoms. The quantitative estimate of drug-likeness (QED) is 0.662. The SMILES string of the molecule is C=C(C)C1CC(O)C(C)=CC1c1c(O)cc(-c2ccc(OCC)nc2)cc1O. The molecule has 0 fully saturated rings. The van der Waals surface area contributed by atoms with E-state index in [4.69, 9.17) is 4.74 Å². The van der Waals surface area contributed by atoms with Gasteiger partial charge >= 0.3 is 0 Å². The molecule has 0 saturated carbocycles. The van der Waals surface area contributed by atoms with Crippen molar-refractivity contribution in [3.63, 3.8) is 0 Å². The number of aliphatic hydroxyl groups excluding tert-OH is 1. The van der Waals surface area contributed by atoms with Gasteiger partial charge in [0.2, 0.25) is 5.88 Å². The zero-order valence-electron chi connectivity index (χ0n) is 16.5. The van der Waals surface area contributed by atoms with Crippen LogP contribution in [0.2, 0.25) is 0 Å². The summed E-state index contributed by atoms with van der Waals surface area (Å²) < 4.78 is 5.35. The molecule has 1 aromatic heterocycles. The summed E-state index contributed by atoms with van der Waals surface area (Å²) in [5, 5.41) is 31.7. The average molecular weight is 381 g/mol.